The molecule has 140 valence electrons. The van der Waals surface area contributed by atoms with Gasteiger partial charge in [0.05, 0.1) is 24.6 Å². The van der Waals surface area contributed by atoms with E-state index in [1.807, 2.05) is 49.4 Å². The fourth-order valence-electron chi connectivity index (χ4n) is 3.24. The maximum absolute atomic E-state index is 12.2. The van der Waals surface area contributed by atoms with Crippen molar-refractivity contribution in [2.75, 3.05) is 44.8 Å². The predicted octanol–water partition coefficient (Wildman–Crippen LogP) is 2.78. The number of rotatable bonds is 5. The lowest BCUT2D eigenvalue weighted by Gasteiger charge is -2.26. The van der Waals surface area contributed by atoms with Gasteiger partial charge in [-0.1, -0.05) is 11.6 Å². The first-order valence-corrected chi connectivity index (χ1v) is 9.23. The molecule has 4 rings (SSSR count). The third-order valence-electron chi connectivity index (χ3n) is 4.75. The van der Waals surface area contributed by atoms with E-state index < -0.39 is 0 Å². The monoisotopic (exact) mass is 365 g/mol. The zero-order valence-corrected chi connectivity index (χ0v) is 15.4. The van der Waals surface area contributed by atoms with Crippen LogP contribution in [-0.2, 0) is 9.53 Å². The number of nitrogens with zero attached hydrogens (tertiary/aromatic N) is 2. The van der Waals surface area contributed by atoms with Crippen LogP contribution >= 0.6 is 0 Å². The number of aliphatic imine (C=N–C) groups is 1. The highest BCUT2D eigenvalue weighted by molar-refractivity contribution is 6.54. The summed E-state index contributed by atoms with van der Waals surface area (Å²) in [4.78, 5) is 19.1. The van der Waals surface area contributed by atoms with Crippen LogP contribution < -0.4 is 10.1 Å². The molecule has 1 fully saturated rings. The van der Waals surface area contributed by atoms with E-state index in [-0.39, 0.29) is 5.91 Å². The van der Waals surface area contributed by atoms with Gasteiger partial charge < -0.3 is 14.8 Å². The molecule has 2 aliphatic heterocycles. The minimum Gasteiger partial charge on any atom is -0.492 e. The number of carbonyl (C=O) groups excluding carboxylic acids is 1. The Labute approximate surface area is 158 Å². The van der Waals surface area contributed by atoms with Crippen molar-refractivity contribution in [3.63, 3.8) is 0 Å². The number of carbonyl (C=O) groups is 1. The summed E-state index contributed by atoms with van der Waals surface area (Å²) in [7, 11) is 0. The summed E-state index contributed by atoms with van der Waals surface area (Å²) in [5.41, 5.74) is 3.95. The standard InChI is InChI=1S/C21H23N3O3/c1-15-2-7-19-18(14-15)20(21(25)23-19)22-16-3-5-17(6-4-16)27-13-10-24-8-11-26-12-9-24/h2-7,14H,8-13H2,1H3,(H,22,23,25). The highest BCUT2D eigenvalue weighted by atomic mass is 16.5. The topological polar surface area (TPSA) is 63.2 Å². The average molecular weight is 365 g/mol. The molecule has 0 atom stereocenters. The molecule has 6 heteroatoms. The van der Waals surface area contributed by atoms with Crippen molar-refractivity contribution in [1.82, 2.24) is 4.90 Å². The fraction of sp³-hybridized carbons (Fsp3) is 0.333. The number of hydrogen-bond acceptors (Lipinski definition) is 5. The minimum absolute atomic E-state index is 0.165. The van der Waals surface area contributed by atoms with Crippen molar-refractivity contribution in [2.24, 2.45) is 4.99 Å². The van der Waals surface area contributed by atoms with Crippen molar-refractivity contribution in [3.05, 3.63) is 53.6 Å². The SMILES string of the molecule is Cc1ccc2c(c1)C(=Nc1ccc(OCCN3CCOCC3)cc1)C(=O)N2. The van der Waals surface area contributed by atoms with Gasteiger partial charge in [0.25, 0.3) is 5.91 Å². The quantitative estimate of drug-likeness (QED) is 0.885. The summed E-state index contributed by atoms with van der Waals surface area (Å²) in [5, 5.41) is 2.86. The van der Waals surface area contributed by atoms with E-state index in [2.05, 4.69) is 15.2 Å². The normalized spacial score (nSPS) is 18.4. The first kappa shape index (κ1) is 17.7. The Morgan fingerprint density at radius 2 is 1.93 bits per heavy atom. The predicted molar refractivity (Wildman–Crippen MR) is 105 cm³/mol. The Morgan fingerprint density at radius 1 is 1.15 bits per heavy atom. The molecular formula is C21H23N3O3. The molecule has 27 heavy (non-hydrogen) atoms. The van der Waals surface area contributed by atoms with Crippen molar-refractivity contribution in [2.45, 2.75) is 6.92 Å². The molecule has 0 aromatic heterocycles. The van der Waals surface area contributed by atoms with E-state index in [0.29, 0.717) is 12.3 Å². The van der Waals surface area contributed by atoms with Gasteiger partial charge in [-0.3, -0.25) is 9.69 Å². The van der Waals surface area contributed by atoms with Crippen molar-refractivity contribution in [3.8, 4) is 5.75 Å². The lowest BCUT2D eigenvalue weighted by atomic mass is 10.1. The molecule has 1 N–H and O–H groups in total. The van der Waals surface area contributed by atoms with E-state index in [4.69, 9.17) is 9.47 Å². The van der Waals surface area contributed by atoms with Gasteiger partial charge in [0.15, 0.2) is 0 Å². The van der Waals surface area contributed by atoms with E-state index in [9.17, 15) is 4.79 Å². The Morgan fingerprint density at radius 3 is 2.70 bits per heavy atom. The zero-order chi connectivity index (χ0) is 18.6. The molecule has 0 unspecified atom stereocenters. The van der Waals surface area contributed by atoms with Crippen molar-refractivity contribution >= 4 is 23.0 Å². The van der Waals surface area contributed by atoms with Crippen LogP contribution in [0.2, 0.25) is 0 Å². The third kappa shape index (κ3) is 4.18. The number of amides is 1. The van der Waals surface area contributed by atoms with Gasteiger partial charge in [0.2, 0.25) is 0 Å². The molecule has 1 amide bonds. The van der Waals surface area contributed by atoms with Crippen LogP contribution in [0.15, 0.2) is 47.5 Å². The van der Waals surface area contributed by atoms with Gasteiger partial charge in [-0.15, -0.1) is 0 Å². The molecule has 2 heterocycles. The molecule has 2 aromatic carbocycles. The van der Waals surface area contributed by atoms with Crippen LogP contribution in [0.25, 0.3) is 0 Å². The zero-order valence-electron chi connectivity index (χ0n) is 15.4. The molecular weight excluding hydrogens is 342 g/mol. The van der Waals surface area contributed by atoms with Gasteiger partial charge in [0.1, 0.15) is 18.1 Å². The molecule has 0 aliphatic carbocycles. The van der Waals surface area contributed by atoms with Crippen LogP contribution in [-0.4, -0.2) is 56.0 Å². The van der Waals surface area contributed by atoms with Crippen LogP contribution in [0.5, 0.6) is 5.75 Å². The highest BCUT2D eigenvalue weighted by Crippen LogP contribution is 2.27. The Hall–Kier alpha value is -2.70. The van der Waals surface area contributed by atoms with Crippen molar-refractivity contribution in [1.29, 1.82) is 0 Å². The lowest BCUT2D eigenvalue weighted by Crippen LogP contribution is -2.38. The second-order valence-electron chi connectivity index (χ2n) is 6.76. The maximum Gasteiger partial charge on any atom is 0.275 e. The summed E-state index contributed by atoms with van der Waals surface area (Å²) in [6.45, 7) is 7.05. The first-order valence-electron chi connectivity index (χ1n) is 9.23. The van der Waals surface area contributed by atoms with E-state index in [1.54, 1.807) is 0 Å². The highest BCUT2D eigenvalue weighted by Gasteiger charge is 2.25. The summed E-state index contributed by atoms with van der Waals surface area (Å²) >= 11 is 0. The van der Waals surface area contributed by atoms with Crippen LogP contribution in [0.4, 0.5) is 11.4 Å². The summed E-state index contributed by atoms with van der Waals surface area (Å²) < 4.78 is 11.2. The van der Waals surface area contributed by atoms with Gasteiger partial charge >= 0.3 is 0 Å². The molecule has 0 saturated carbocycles. The second kappa shape index (κ2) is 7.90. The molecule has 0 spiro atoms. The number of ether oxygens (including phenoxy) is 2. The number of hydrogen-bond donors (Lipinski definition) is 1. The van der Waals surface area contributed by atoms with E-state index >= 15 is 0 Å². The summed E-state index contributed by atoms with van der Waals surface area (Å²) in [6.07, 6.45) is 0. The number of anilines is 1. The lowest BCUT2D eigenvalue weighted by molar-refractivity contribution is -0.110. The van der Waals surface area contributed by atoms with Gasteiger partial charge in [-0.2, -0.15) is 0 Å². The number of aryl methyl sites for hydroxylation is 1. The molecule has 0 bridgehead atoms. The molecule has 6 nitrogen and oxygen atoms in total. The minimum atomic E-state index is -0.165. The Kier molecular flexibility index (Phi) is 5.18. The van der Waals surface area contributed by atoms with E-state index in [0.717, 1.165) is 61.1 Å². The fourth-order valence-corrected chi connectivity index (χ4v) is 3.24. The van der Waals surface area contributed by atoms with Gasteiger partial charge in [-0.25, -0.2) is 4.99 Å². The van der Waals surface area contributed by atoms with E-state index in [1.165, 1.54) is 0 Å². The molecule has 2 aliphatic rings. The second-order valence-corrected chi connectivity index (χ2v) is 6.76. The molecule has 0 radical (unpaired) electrons. The van der Waals surface area contributed by atoms with Gasteiger partial charge in [-0.05, 0) is 43.3 Å². The van der Waals surface area contributed by atoms with Crippen LogP contribution in [0.3, 0.4) is 0 Å². The largest absolute Gasteiger partial charge is 0.492 e. The molecule has 2 aromatic rings. The number of nitrogens with one attached hydrogen (secondary N) is 1. The summed E-state index contributed by atoms with van der Waals surface area (Å²) in [5.74, 6) is 0.640. The van der Waals surface area contributed by atoms with Crippen LogP contribution in [0, 0.1) is 6.92 Å². The molecule has 1 saturated heterocycles. The number of benzene rings is 2. The smallest absolute Gasteiger partial charge is 0.275 e. The number of morpholine rings is 1. The number of fused-ring (bicyclic) bond motifs is 1. The third-order valence-corrected chi connectivity index (χ3v) is 4.75. The van der Waals surface area contributed by atoms with Crippen LogP contribution in [0.1, 0.15) is 11.1 Å². The Bertz CT molecular complexity index is 855. The first-order chi connectivity index (χ1) is 13.2. The van der Waals surface area contributed by atoms with Crippen molar-refractivity contribution < 1.29 is 14.3 Å². The maximum atomic E-state index is 12.2. The van der Waals surface area contributed by atoms with Gasteiger partial charge in [0, 0.05) is 25.2 Å². The Balaban J connectivity index is 1.40. The summed E-state index contributed by atoms with van der Waals surface area (Å²) in [6, 6.07) is 13.4. The average Bonchev–Trinajstić information content (AvgIpc) is 2.99.